The van der Waals surface area contributed by atoms with Gasteiger partial charge in [0.1, 0.15) is 5.75 Å². The number of hydrogen-bond donors (Lipinski definition) is 0. The zero-order chi connectivity index (χ0) is 12.1. The average molecular weight is 217 g/mol. The Morgan fingerprint density at radius 3 is 2.56 bits per heavy atom. The van der Waals surface area contributed by atoms with Gasteiger partial charge in [-0.2, -0.15) is 5.26 Å². The molecule has 0 atom stereocenters. The lowest BCUT2D eigenvalue weighted by Crippen LogP contribution is -2.03. The van der Waals surface area contributed by atoms with Crippen molar-refractivity contribution in [2.45, 2.75) is 27.2 Å². The van der Waals surface area contributed by atoms with Gasteiger partial charge in [-0.25, -0.2) is 0 Å². The van der Waals surface area contributed by atoms with Crippen LogP contribution in [0.5, 0.6) is 5.75 Å². The van der Waals surface area contributed by atoms with Crippen LogP contribution < -0.4 is 4.74 Å². The number of rotatable bonds is 4. The molecule has 0 heterocycles. The fourth-order valence-corrected chi connectivity index (χ4v) is 1.57. The highest BCUT2D eigenvalue weighted by Crippen LogP contribution is 2.24. The molecule has 0 spiro atoms. The Labute approximate surface area is 95.7 Å². The molecule has 0 aliphatic carbocycles. The molecule has 1 rings (SSSR count). The third kappa shape index (κ3) is 2.40. The number of Topliss-reactive ketones (excluding diaryl/α,β-unsaturated/α-hetero) is 1. The van der Waals surface area contributed by atoms with Crippen molar-refractivity contribution < 1.29 is 9.53 Å². The van der Waals surface area contributed by atoms with Gasteiger partial charge in [0, 0.05) is 0 Å². The summed E-state index contributed by atoms with van der Waals surface area (Å²) in [5.74, 6) is 0.494. The number of ether oxygens (including phenoxy) is 1. The number of nitriles is 1. The quantitative estimate of drug-likeness (QED) is 0.728. The van der Waals surface area contributed by atoms with Gasteiger partial charge >= 0.3 is 0 Å². The molecule has 1 aromatic rings. The Morgan fingerprint density at radius 2 is 2.12 bits per heavy atom. The summed E-state index contributed by atoms with van der Waals surface area (Å²) in [5.41, 5.74) is 1.95. The third-order valence-corrected chi connectivity index (χ3v) is 2.39. The van der Waals surface area contributed by atoms with Gasteiger partial charge in [-0.1, -0.05) is 6.92 Å². The molecule has 0 bridgehead atoms. The lowest BCUT2D eigenvalue weighted by molar-refractivity contribution is 0.101. The molecule has 0 aromatic heterocycles. The lowest BCUT2D eigenvalue weighted by Gasteiger charge is -2.11. The first kappa shape index (κ1) is 12.3. The van der Waals surface area contributed by atoms with E-state index in [2.05, 4.69) is 6.07 Å². The standard InChI is InChI=1S/C13H15NO2/c1-4-10-7-13(16-5-2)12(9(3)15)6-11(10)8-14/h6-7H,4-5H2,1-3H3. The van der Waals surface area contributed by atoms with E-state index in [4.69, 9.17) is 10.00 Å². The molecule has 0 saturated carbocycles. The van der Waals surface area contributed by atoms with Gasteiger partial charge in [0.05, 0.1) is 23.8 Å². The van der Waals surface area contributed by atoms with Gasteiger partial charge in [0.15, 0.2) is 5.78 Å². The maximum Gasteiger partial charge on any atom is 0.163 e. The minimum atomic E-state index is -0.0809. The van der Waals surface area contributed by atoms with Crippen LogP contribution in [0.2, 0.25) is 0 Å². The summed E-state index contributed by atoms with van der Waals surface area (Å²) in [7, 11) is 0. The van der Waals surface area contributed by atoms with Crippen LogP contribution in [0.4, 0.5) is 0 Å². The van der Waals surface area contributed by atoms with E-state index < -0.39 is 0 Å². The summed E-state index contributed by atoms with van der Waals surface area (Å²) < 4.78 is 5.41. The molecule has 3 heteroatoms. The first-order valence-electron chi connectivity index (χ1n) is 5.34. The molecule has 0 fully saturated rings. The van der Waals surface area contributed by atoms with Crippen LogP contribution >= 0.6 is 0 Å². The number of carbonyl (C=O) groups is 1. The number of benzene rings is 1. The van der Waals surface area contributed by atoms with E-state index in [0.717, 1.165) is 12.0 Å². The number of aryl methyl sites for hydroxylation is 1. The summed E-state index contributed by atoms with van der Waals surface area (Å²) in [5, 5.41) is 8.97. The van der Waals surface area contributed by atoms with Crippen LogP contribution in [0.25, 0.3) is 0 Å². The molecule has 0 saturated heterocycles. The molecule has 0 amide bonds. The van der Waals surface area contributed by atoms with Gasteiger partial charge in [-0.15, -0.1) is 0 Å². The normalized spacial score (nSPS) is 9.62. The Hall–Kier alpha value is -1.82. The molecule has 1 aromatic carbocycles. The molecule has 0 radical (unpaired) electrons. The van der Waals surface area contributed by atoms with E-state index >= 15 is 0 Å². The molecule has 0 N–H and O–H groups in total. The van der Waals surface area contributed by atoms with Gasteiger partial charge in [-0.05, 0) is 38.0 Å². The van der Waals surface area contributed by atoms with Crippen LogP contribution in [0.3, 0.4) is 0 Å². The first-order chi connectivity index (χ1) is 7.63. The topological polar surface area (TPSA) is 50.1 Å². The molecule has 3 nitrogen and oxygen atoms in total. The fourth-order valence-electron chi connectivity index (χ4n) is 1.57. The van der Waals surface area contributed by atoms with E-state index in [1.165, 1.54) is 6.92 Å². The van der Waals surface area contributed by atoms with Crippen LogP contribution in [-0.4, -0.2) is 12.4 Å². The third-order valence-electron chi connectivity index (χ3n) is 2.39. The highest BCUT2D eigenvalue weighted by molar-refractivity contribution is 5.97. The second kappa shape index (κ2) is 5.32. The van der Waals surface area contributed by atoms with Crippen LogP contribution in [0.1, 0.15) is 42.3 Å². The zero-order valence-corrected chi connectivity index (χ0v) is 9.83. The minimum absolute atomic E-state index is 0.0809. The highest BCUT2D eigenvalue weighted by Gasteiger charge is 2.12. The van der Waals surface area contributed by atoms with E-state index in [-0.39, 0.29) is 5.78 Å². The van der Waals surface area contributed by atoms with Crippen molar-refractivity contribution in [3.63, 3.8) is 0 Å². The van der Waals surface area contributed by atoms with Crippen molar-refractivity contribution in [3.05, 3.63) is 28.8 Å². The van der Waals surface area contributed by atoms with Gasteiger partial charge < -0.3 is 4.74 Å². The summed E-state index contributed by atoms with van der Waals surface area (Å²) in [6, 6.07) is 5.51. The van der Waals surface area contributed by atoms with Crippen molar-refractivity contribution in [3.8, 4) is 11.8 Å². The predicted octanol–water partition coefficient (Wildman–Crippen LogP) is 2.72. The average Bonchev–Trinajstić information content (AvgIpc) is 2.28. The largest absolute Gasteiger partial charge is 0.493 e. The second-order valence-corrected chi connectivity index (χ2v) is 3.46. The molecule has 0 unspecified atom stereocenters. The van der Waals surface area contributed by atoms with E-state index in [1.54, 1.807) is 12.1 Å². The molecule has 84 valence electrons. The van der Waals surface area contributed by atoms with Crippen molar-refractivity contribution in [2.75, 3.05) is 6.61 Å². The SMILES string of the molecule is CCOc1cc(CC)c(C#N)cc1C(C)=O. The predicted molar refractivity (Wildman–Crippen MR) is 61.7 cm³/mol. The molecule has 16 heavy (non-hydrogen) atoms. The number of carbonyl (C=O) groups excluding carboxylic acids is 1. The monoisotopic (exact) mass is 217 g/mol. The van der Waals surface area contributed by atoms with Crippen molar-refractivity contribution in [1.82, 2.24) is 0 Å². The van der Waals surface area contributed by atoms with Gasteiger partial charge in [0.2, 0.25) is 0 Å². The summed E-state index contributed by atoms with van der Waals surface area (Å²) in [6.07, 6.45) is 0.751. The highest BCUT2D eigenvalue weighted by atomic mass is 16.5. The Bertz CT molecular complexity index is 444. The number of ketones is 1. The maximum atomic E-state index is 11.4. The van der Waals surface area contributed by atoms with Crippen LogP contribution in [0, 0.1) is 11.3 Å². The molecule has 0 aliphatic heterocycles. The number of hydrogen-bond acceptors (Lipinski definition) is 3. The molecular weight excluding hydrogens is 202 g/mol. The van der Waals surface area contributed by atoms with Crippen molar-refractivity contribution in [1.29, 1.82) is 5.26 Å². The fraction of sp³-hybridized carbons (Fsp3) is 0.385. The number of nitrogens with zero attached hydrogens (tertiary/aromatic N) is 1. The summed E-state index contributed by atoms with van der Waals surface area (Å²) >= 11 is 0. The first-order valence-corrected chi connectivity index (χ1v) is 5.34. The van der Waals surface area contributed by atoms with E-state index in [1.807, 2.05) is 13.8 Å². The van der Waals surface area contributed by atoms with E-state index in [9.17, 15) is 4.79 Å². The van der Waals surface area contributed by atoms with Crippen LogP contribution in [0.15, 0.2) is 12.1 Å². The summed E-state index contributed by atoms with van der Waals surface area (Å²) in [4.78, 5) is 11.4. The Morgan fingerprint density at radius 1 is 1.44 bits per heavy atom. The lowest BCUT2D eigenvalue weighted by atomic mass is 10.00. The maximum absolute atomic E-state index is 11.4. The van der Waals surface area contributed by atoms with Gasteiger partial charge in [0.25, 0.3) is 0 Å². The second-order valence-electron chi connectivity index (χ2n) is 3.46. The molecule has 0 aliphatic rings. The zero-order valence-electron chi connectivity index (χ0n) is 9.83. The van der Waals surface area contributed by atoms with E-state index in [0.29, 0.717) is 23.5 Å². The van der Waals surface area contributed by atoms with Gasteiger partial charge in [-0.3, -0.25) is 4.79 Å². The summed E-state index contributed by atoms with van der Waals surface area (Å²) in [6.45, 7) is 5.83. The Balaban J connectivity index is 3.36. The molecular formula is C13H15NO2. The van der Waals surface area contributed by atoms with Crippen LogP contribution in [-0.2, 0) is 6.42 Å². The smallest absolute Gasteiger partial charge is 0.163 e. The van der Waals surface area contributed by atoms with Crippen molar-refractivity contribution in [2.24, 2.45) is 0 Å². The minimum Gasteiger partial charge on any atom is -0.493 e. The van der Waals surface area contributed by atoms with Crippen molar-refractivity contribution >= 4 is 5.78 Å². The Kier molecular flexibility index (Phi) is 4.07.